The summed E-state index contributed by atoms with van der Waals surface area (Å²) in [7, 11) is 0. The predicted octanol–water partition coefficient (Wildman–Crippen LogP) is 5.41. The zero-order valence-corrected chi connectivity index (χ0v) is 17.2. The second kappa shape index (κ2) is 8.22. The van der Waals surface area contributed by atoms with Crippen LogP contribution in [0.25, 0.3) is 5.57 Å². The van der Waals surface area contributed by atoms with Crippen molar-refractivity contribution < 1.29 is 4.74 Å². The van der Waals surface area contributed by atoms with Crippen molar-refractivity contribution in [3.05, 3.63) is 76.8 Å². The van der Waals surface area contributed by atoms with Gasteiger partial charge in [-0.3, -0.25) is 4.98 Å². The average Bonchev–Trinajstić information content (AvgIpc) is 2.65. The van der Waals surface area contributed by atoms with Crippen molar-refractivity contribution in [1.29, 1.82) is 0 Å². The molecule has 1 aliphatic heterocycles. The average molecular weight is 375 g/mol. The fraction of sp³-hybridized carbons (Fsp3) is 0.400. The molecule has 0 saturated heterocycles. The SMILES string of the molecule is CC1=C(CN2C=CC2)CCc2cc(OCc3ccc(CC(C)C)nc3)ccc21. The van der Waals surface area contributed by atoms with Crippen LogP contribution in [-0.4, -0.2) is 23.0 Å². The van der Waals surface area contributed by atoms with E-state index in [-0.39, 0.29) is 0 Å². The first-order valence-corrected chi connectivity index (χ1v) is 10.4. The third-order valence-corrected chi connectivity index (χ3v) is 5.67. The molecule has 0 atom stereocenters. The number of ether oxygens (including phenoxy) is 1. The summed E-state index contributed by atoms with van der Waals surface area (Å²) in [5, 5.41) is 0. The fourth-order valence-corrected chi connectivity index (χ4v) is 3.96. The molecule has 0 saturated carbocycles. The van der Waals surface area contributed by atoms with Gasteiger partial charge in [-0.15, -0.1) is 0 Å². The molecule has 1 aliphatic carbocycles. The number of pyridine rings is 1. The van der Waals surface area contributed by atoms with Crippen LogP contribution in [0.1, 0.15) is 49.6 Å². The minimum absolute atomic E-state index is 0.565. The lowest BCUT2D eigenvalue weighted by Gasteiger charge is -2.30. The van der Waals surface area contributed by atoms with Crippen LogP contribution in [0.2, 0.25) is 0 Å². The van der Waals surface area contributed by atoms with Crippen molar-refractivity contribution in [2.45, 2.75) is 46.6 Å². The highest BCUT2D eigenvalue weighted by atomic mass is 16.5. The Labute approximate surface area is 168 Å². The quantitative estimate of drug-likeness (QED) is 0.648. The maximum Gasteiger partial charge on any atom is 0.120 e. The summed E-state index contributed by atoms with van der Waals surface area (Å²) in [4.78, 5) is 6.94. The van der Waals surface area contributed by atoms with Gasteiger partial charge in [0.2, 0.25) is 0 Å². The summed E-state index contributed by atoms with van der Waals surface area (Å²) in [6.45, 7) is 9.42. The number of aryl methyl sites for hydroxylation is 1. The summed E-state index contributed by atoms with van der Waals surface area (Å²) < 4.78 is 6.06. The van der Waals surface area contributed by atoms with E-state index in [0.717, 1.165) is 49.4 Å². The van der Waals surface area contributed by atoms with E-state index in [0.29, 0.717) is 12.5 Å². The zero-order chi connectivity index (χ0) is 19.5. The van der Waals surface area contributed by atoms with E-state index in [9.17, 15) is 0 Å². The van der Waals surface area contributed by atoms with Gasteiger partial charge in [0.15, 0.2) is 0 Å². The fourth-order valence-electron chi connectivity index (χ4n) is 3.96. The van der Waals surface area contributed by atoms with Crippen LogP contribution in [0.15, 0.2) is 54.4 Å². The van der Waals surface area contributed by atoms with E-state index >= 15 is 0 Å². The number of hydrogen-bond donors (Lipinski definition) is 0. The Bertz CT molecular complexity index is 893. The second-order valence-corrected chi connectivity index (χ2v) is 8.41. The Morgan fingerprint density at radius 2 is 2.00 bits per heavy atom. The molecular formula is C25H30N2O. The summed E-state index contributed by atoms with van der Waals surface area (Å²) >= 11 is 0. The van der Waals surface area contributed by atoms with Gasteiger partial charge < -0.3 is 9.64 Å². The highest BCUT2D eigenvalue weighted by Gasteiger charge is 2.18. The molecule has 1 aromatic carbocycles. The lowest BCUT2D eigenvalue weighted by Crippen LogP contribution is -2.27. The van der Waals surface area contributed by atoms with Crippen LogP contribution < -0.4 is 4.74 Å². The Hall–Kier alpha value is -2.55. The van der Waals surface area contributed by atoms with Gasteiger partial charge >= 0.3 is 0 Å². The molecular weight excluding hydrogens is 344 g/mol. The molecule has 2 aliphatic rings. The standard InChI is InChI=1S/C25H30N2O/c1-18(2)13-23-8-5-20(15-26-23)17-28-24-9-10-25-19(3)22(7-6-21(25)14-24)16-27-11-4-12-27/h4-5,8-11,14-15,18H,6-7,12-13,16-17H2,1-3H3. The molecule has 1 aromatic heterocycles. The minimum atomic E-state index is 0.565. The Balaban J connectivity index is 1.40. The Morgan fingerprint density at radius 3 is 2.68 bits per heavy atom. The maximum absolute atomic E-state index is 6.06. The lowest BCUT2D eigenvalue weighted by molar-refractivity contribution is 0.305. The maximum atomic E-state index is 6.06. The number of rotatable bonds is 7. The van der Waals surface area contributed by atoms with Crippen LogP contribution in [0.3, 0.4) is 0 Å². The molecule has 4 rings (SSSR count). The Morgan fingerprint density at radius 1 is 1.14 bits per heavy atom. The van der Waals surface area contributed by atoms with Crippen molar-refractivity contribution in [3.8, 4) is 5.75 Å². The van der Waals surface area contributed by atoms with Gasteiger partial charge in [-0.25, -0.2) is 0 Å². The largest absolute Gasteiger partial charge is 0.489 e. The molecule has 28 heavy (non-hydrogen) atoms. The molecule has 0 unspecified atom stereocenters. The summed E-state index contributed by atoms with van der Waals surface area (Å²) in [6.07, 6.45) is 9.62. The Kier molecular flexibility index (Phi) is 5.52. The van der Waals surface area contributed by atoms with Crippen molar-refractivity contribution in [2.75, 3.05) is 13.1 Å². The van der Waals surface area contributed by atoms with E-state index in [1.165, 1.54) is 16.7 Å². The van der Waals surface area contributed by atoms with Crippen molar-refractivity contribution in [1.82, 2.24) is 9.88 Å². The first-order chi connectivity index (χ1) is 13.6. The molecule has 146 valence electrons. The number of fused-ring (bicyclic) bond motifs is 1. The monoisotopic (exact) mass is 374 g/mol. The minimum Gasteiger partial charge on any atom is -0.489 e. The number of benzene rings is 1. The zero-order valence-electron chi connectivity index (χ0n) is 17.2. The lowest BCUT2D eigenvalue weighted by atomic mass is 9.86. The molecule has 2 aromatic rings. The van der Waals surface area contributed by atoms with Gasteiger partial charge in [0.05, 0.1) is 0 Å². The summed E-state index contributed by atoms with van der Waals surface area (Å²) in [5.41, 5.74) is 8.07. The molecule has 0 N–H and O–H groups in total. The van der Waals surface area contributed by atoms with E-state index in [1.807, 2.05) is 6.20 Å². The molecule has 0 fully saturated rings. The van der Waals surface area contributed by atoms with E-state index < -0.39 is 0 Å². The first-order valence-electron chi connectivity index (χ1n) is 10.4. The topological polar surface area (TPSA) is 25.4 Å². The van der Waals surface area contributed by atoms with Gasteiger partial charge in [0, 0.05) is 30.5 Å². The highest BCUT2D eigenvalue weighted by Crippen LogP contribution is 2.34. The van der Waals surface area contributed by atoms with Gasteiger partial charge in [-0.1, -0.05) is 26.0 Å². The summed E-state index contributed by atoms with van der Waals surface area (Å²) in [5.74, 6) is 1.58. The predicted molar refractivity (Wildman–Crippen MR) is 115 cm³/mol. The van der Waals surface area contributed by atoms with Crippen LogP contribution in [-0.2, 0) is 19.4 Å². The van der Waals surface area contributed by atoms with Crippen LogP contribution in [0, 0.1) is 5.92 Å². The van der Waals surface area contributed by atoms with Crippen LogP contribution >= 0.6 is 0 Å². The molecule has 0 bridgehead atoms. The number of aromatic nitrogens is 1. The number of hydrogen-bond acceptors (Lipinski definition) is 3. The van der Waals surface area contributed by atoms with Gasteiger partial charge in [0.25, 0.3) is 0 Å². The van der Waals surface area contributed by atoms with Crippen molar-refractivity contribution >= 4 is 5.57 Å². The molecule has 0 amide bonds. The highest BCUT2D eigenvalue weighted by molar-refractivity contribution is 5.72. The van der Waals surface area contributed by atoms with Gasteiger partial charge in [-0.2, -0.15) is 0 Å². The van der Waals surface area contributed by atoms with Crippen molar-refractivity contribution in [3.63, 3.8) is 0 Å². The van der Waals surface area contributed by atoms with E-state index in [1.54, 1.807) is 5.57 Å². The smallest absolute Gasteiger partial charge is 0.120 e. The van der Waals surface area contributed by atoms with E-state index in [2.05, 4.69) is 73.3 Å². The number of nitrogens with zero attached hydrogens (tertiary/aromatic N) is 2. The molecule has 3 nitrogen and oxygen atoms in total. The molecule has 0 radical (unpaired) electrons. The van der Waals surface area contributed by atoms with Crippen LogP contribution in [0.4, 0.5) is 0 Å². The van der Waals surface area contributed by atoms with Crippen molar-refractivity contribution in [2.24, 2.45) is 5.92 Å². The molecule has 3 heteroatoms. The summed E-state index contributed by atoms with van der Waals surface area (Å²) in [6, 6.07) is 10.8. The van der Waals surface area contributed by atoms with Crippen LogP contribution in [0.5, 0.6) is 5.75 Å². The van der Waals surface area contributed by atoms with Gasteiger partial charge in [0.1, 0.15) is 12.4 Å². The van der Waals surface area contributed by atoms with Gasteiger partial charge in [-0.05, 0) is 84.9 Å². The first kappa shape index (κ1) is 18.8. The molecule has 0 spiro atoms. The normalized spacial score (nSPS) is 15.6. The molecule has 2 heterocycles. The third-order valence-electron chi connectivity index (χ3n) is 5.67. The van der Waals surface area contributed by atoms with E-state index in [4.69, 9.17) is 4.74 Å². The third kappa shape index (κ3) is 4.30. The second-order valence-electron chi connectivity index (χ2n) is 8.41. The number of allylic oxidation sites excluding steroid dienone is 1.